The van der Waals surface area contributed by atoms with Gasteiger partial charge in [0.25, 0.3) is 0 Å². The Kier molecular flexibility index (Phi) is 6.78. The van der Waals surface area contributed by atoms with Gasteiger partial charge in [-0.3, -0.25) is 0 Å². The number of hydrogen-bond donors (Lipinski definition) is 2. The molecule has 0 aliphatic carbocycles. The largest absolute Gasteiger partial charge is 0.493 e. The van der Waals surface area contributed by atoms with E-state index in [0.717, 1.165) is 12.8 Å². The van der Waals surface area contributed by atoms with Crippen LogP contribution in [-0.2, 0) is 0 Å². The first-order valence-electron chi connectivity index (χ1n) is 7.58. The average molecular weight is 326 g/mol. The van der Waals surface area contributed by atoms with Gasteiger partial charge in [-0.25, -0.2) is 4.39 Å². The zero-order valence-electron chi connectivity index (χ0n) is 13.9. The number of aliphatic hydroxyl groups excluding tert-OH is 1. The minimum atomic E-state index is -2.19. The highest BCUT2D eigenvalue weighted by Gasteiger charge is 2.37. The van der Waals surface area contributed by atoms with E-state index < -0.39 is 20.8 Å². The van der Waals surface area contributed by atoms with Crippen LogP contribution >= 0.6 is 0 Å². The Morgan fingerprint density at radius 3 is 2.55 bits per heavy atom. The molecule has 0 atom stereocenters. The second-order valence-corrected chi connectivity index (χ2v) is 11.2. The van der Waals surface area contributed by atoms with E-state index in [1.54, 1.807) is 18.2 Å². The molecule has 0 saturated heterocycles. The van der Waals surface area contributed by atoms with Gasteiger partial charge >= 0.3 is 0 Å². The minimum Gasteiger partial charge on any atom is -0.493 e. The topological polar surface area (TPSA) is 49.7 Å². The number of ether oxygens (including phenoxy) is 1. The summed E-state index contributed by atoms with van der Waals surface area (Å²) in [6, 6.07) is 7.16. The molecular formula is C17H27FO3Si. The van der Waals surface area contributed by atoms with E-state index in [1.807, 2.05) is 19.2 Å². The van der Waals surface area contributed by atoms with E-state index in [9.17, 15) is 9.19 Å². The van der Waals surface area contributed by atoms with Crippen LogP contribution in [0.5, 0.6) is 5.75 Å². The summed E-state index contributed by atoms with van der Waals surface area (Å²) < 4.78 is 18.9. The maximum Gasteiger partial charge on any atom is 0.188 e. The monoisotopic (exact) mass is 326 g/mol. The van der Waals surface area contributed by atoms with Crippen molar-refractivity contribution in [2.75, 3.05) is 13.2 Å². The molecule has 0 bridgehead atoms. The summed E-state index contributed by atoms with van der Waals surface area (Å²) in [5.74, 6) is 0.00891. The molecule has 0 spiro atoms. The molecule has 3 nitrogen and oxygen atoms in total. The number of halogens is 1. The van der Waals surface area contributed by atoms with Crippen molar-refractivity contribution in [1.29, 1.82) is 0 Å². The summed E-state index contributed by atoms with van der Waals surface area (Å²) in [5, 5.41) is 8.69. The van der Waals surface area contributed by atoms with Gasteiger partial charge in [0, 0.05) is 5.56 Å². The van der Waals surface area contributed by atoms with Gasteiger partial charge in [-0.2, -0.15) is 0 Å². The second-order valence-electron chi connectivity index (χ2n) is 6.68. The van der Waals surface area contributed by atoms with Crippen molar-refractivity contribution in [1.82, 2.24) is 0 Å². The molecule has 0 heterocycles. The van der Waals surface area contributed by atoms with Crippen molar-refractivity contribution in [3.63, 3.8) is 0 Å². The first-order valence-corrected chi connectivity index (χ1v) is 10.5. The third-order valence-corrected chi connectivity index (χ3v) is 7.80. The fraction of sp³-hybridized carbons (Fsp3) is 0.529. The van der Waals surface area contributed by atoms with Gasteiger partial charge in [-0.05, 0) is 43.1 Å². The number of rotatable bonds is 8. The lowest BCUT2D eigenvalue weighted by Gasteiger charge is -2.35. The maximum atomic E-state index is 13.2. The molecule has 0 amide bonds. The lowest BCUT2D eigenvalue weighted by atomic mass is 10.1. The Balaban J connectivity index is 2.60. The highest BCUT2D eigenvalue weighted by molar-refractivity contribution is 6.72. The molecule has 124 valence electrons. The van der Waals surface area contributed by atoms with Crippen molar-refractivity contribution >= 4 is 14.4 Å². The molecular weight excluding hydrogens is 299 g/mol. The van der Waals surface area contributed by atoms with Crippen LogP contribution in [-0.4, -0.2) is 31.4 Å². The fourth-order valence-corrected chi connectivity index (χ4v) is 2.74. The van der Waals surface area contributed by atoms with Crippen LogP contribution < -0.4 is 4.74 Å². The highest BCUT2D eigenvalue weighted by Crippen LogP contribution is 2.39. The Hall–Kier alpha value is -1.17. The van der Waals surface area contributed by atoms with Gasteiger partial charge in [0.05, 0.1) is 13.2 Å². The summed E-state index contributed by atoms with van der Waals surface area (Å²) >= 11 is 0. The maximum absolute atomic E-state index is 13.2. The highest BCUT2D eigenvalue weighted by atomic mass is 28.4. The van der Waals surface area contributed by atoms with Gasteiger partial charge in [0.1, 0.15) is 11.6 Å². The molecule has 1 aromatic carbocycles. The smallest absolute Gasteiger partial charge is 0.188 e. The third-order valence-electron chi connectivity index (χ3n) is 4.24. The number of hydrogen-bond acceptors (Lipinski definition) is 3. The number of benzene rings is 1. The molecule has 22 heavy (non-hydrogen) atoms. The van der Waals surface area contributed by atoms with Crippen LogP contribution in [0.4, 0.5) is 4.39 Å². The number of para-hydroxylation sites is 1. The van der Waals surface area contributed by atoms with Crippen molar-refractivity contribution < 1.29 is 19.0 Å². The van der Waals surface area contributed by atoms with E-state index >= 15 is 0 Å². The fourth-order valence-electron chi connectivity index (χ4n) is 1.95. The Morgan fingerprint density at radius 2 is 1.95 bits per heavy atom. The van der Waals surface area contributed by atoms with Crippen LogP contribution in [0, 0.1) is 0 Å². The Labute approximate surface area is 133 Å². The van der Waals surface area contributed by atoms with Crippen molar-refractivity contribution in [2.45, 2.75) is 44.8 Å². The zero-order valence-corrected chi connectivity index (χ0v) is 14.9. The summed E-state index contributed by atoms with van der Waals surface area (Å²) in [6.45, 7) is 7.98. The van der Waals surface area contributed by atoms with Crippen molar-refractivity contribution in [3.8, 4) is 5.75 Å². The molecule has 5 heteroatoms. The summed E-state index contributed by atoms with van der Waals surface area (Å²) in [4.78, 5) is 10.3. The SMILES string of the molecule is CC(C)(CCCOc1ccccc1/C=C(\F)CO)[Si](C)(C)O. The Bertz CT molecular complexity index is 507. The molecule has 0 aliphatic rings. The molecule has 0 aliphatic heterocycles. The molecule has 0 saturated carbocycles. The van der Waals surface area contributed by atoms with Gasteiger partial charge in [0.2, 0.25) is 0 Å². The van der Waals surface area contributed by atoms with Crippen molar-refractivity contribution in [3.05, 3.63) is 35.7 Å². The first kappa shape index (κ1) is 18.9. The molecule has 0 radical (unpaired) electrons. The third kappa shape index (κ3) is 5.55. The summed E-state index contributed by atoms with van der Waals surface area (Å²) in [5.41, 5.74) is 0.616. The van der Waals surface area contributed by atoms with Crippen molar-refractivity contribution in [2.24, 2.45) is 0 Å². The zero-order chi connectivity index (χ0) is 16.8. The molecule has 1 rings (SSSR count). The quantitative estimate of drug-likeness (QED) is 0.558. The molecule has 0 fully saturated rings. The summed E-state index contributed by atoms with van der Waals surface area (Å²) in [6.07, 6.45) is 2.99. The predicted octanol–water partition coefficient (Wildman–Crippen LogP) is 4.13. The van der Waals surface area contributed by atoms with E-state index in [0.29, 0.717) is 17.9 Å². The normalized spacial score (nSPS) is 13.3. The summed E-state index contributed by atoms with van der Waals surface area (Å²) in [7, 11) is -2.19. The lowest BCUT2D eigenvalue weighted by molar-refractivity contribution is 0.293. The van der Waals surface area contributed by atoms with Crippen LogP contribution in [0.2, 0.25) is 18.1 Å². The van der Waals surface area contributed by atoms with E-state index in [2.05, 4.69) is 13.8 Å². The second kappa shape index (κ2) is 7.90. The van der Waals surface area contributed by atoms with Gasteiger partial charge in [-0.15, -0.1) is 0 Å². The Morgan fingerprint density at radius 1 is 1.32 bits per heavy atom. The van der Waals surface area contributed by atoms with Gasteiger partial charge < -0.3 is 14.6 Å². The molecule has 2 N–H and O–H groups in total. The van der Waals surface area contributed by atoms with Gasteiger partial charge in [-0.1, -0.05) is 32.0 Å². The van der Waals surface area contributed by atoms with Gasteiger partial charge in [0.15, 0.2) is 8.32 Å². The molecule has 0 aromatic heterocycles. The standard InChI is InChI=1S/C17H27FO3Si/c1-17(2,22(3,4)20)10-7-11-21-16-9-6-5-8-14(16)12-15(18)13-19/h5-6,8-9,12,19-20H,7,10-11,13H2,1-4H3/b15-12-. The van der Waals surface area contributed by atoms with E-state index in [1.165, 1.54) is 6.08 Å². The van der Waals surface area contributed by atoms with E-state index in [-0.39, 0.29) is 5.04 Å². The molecule has 0 unspecified atom stereocenters. The minimum absolute atomic E-state index is 0.0707. The average Bonchev–Trinajstić information content (AvgIpc) is 2.43. The van der Waals surface area contributed by atoms with E-state index in [4.69, 9.17) is 9.84 Å². The lowest BCUT2D eigenvalue weighted by Crippen LogP contribution is -2.39. The number of aliphatic hydroxyl groups is 1. The first-order chi connectivity index (χ1) is 10.2. The van der Waals surface area contributed by atoms with Crippen LogP contribution in [0.3, 0.4) is 0 Å². The molecule has 1 aromatic rings. The predicted molar refractivity (Wildman–Crippen MR) is 91.1 cm³/mol. The van der Waals surface area contributed by atoms with Crippen LogP contribution in [0.15, 0.2) is 30.1 Å². The van der Waals surface area contributed by atoms with Crippen LogP contribution in [0.1, 0.15) is 32.3 Å². The van der Waals surface area contributed by atoms with Crippen LogP contribution in [0.25, 0.3) is 6.08 Å².